The van der Waals surface area contributed by atoms with E-state index in [1.165, 1.54) is 10.8 Å². The first-order valence-corrected chi connectivity index (χ1v) is 13.4. The number of nitrogen functional groups attached to an aromatic ring is 1. The minimum Gasteiger partial charge on any atom is -0.465 e. The number of fused-ring (bicyclic) bond motifs is 3. The van der Waals surface area contributed by atoms with E-state index in [2.05, 4.69) is 51.0 Å². The maximum Gasteiger partial charge on any atom is 0.405 e. The largest absolute Gasteiger partial charge is 0.465 e. The summed E-state index contributed by atoms with van der Waals surface area (Å²) in [5, 5.41) is 14.0. The summed E-state index contributed by atoms with van der Waals surface area (Å²) in [5.74, 6) is 0.362. The van der Waals surface area contributed by atoms with Gasteiger partial charge in [-0.05, 0) is 43.4 Å². The third kappa shape index (κ3) is 4.68. The van der Waals surface area contributed by atoms with E-state index in [0.29, 0.717) is 6.54 Å². The standard InChI is InChI=1S/C29H36N6O3/c1-4-5-12-34-24-14-18(8-10-20(24)21-11-9-19(30)15-25(21)34)22-16-31-27(32-22)23-7-6-13-35(23)28(36)26(17(2)3)33-29(37)38/h8-11,14-17,23,26,33H,4-7,12-13,30H2,1-3H3,(H,31,32)(H,37,38)/t23-,26?/m0/s1. The van der Waals surface area contributed by atoms with Gasteiger partial charge in [0, 0.05) is 40.6 Å². The number of unbranched alkanes of at least 4 members (excludes halogenated alkanes) is 1. The van der Waals surface area contributed by atoms with Crippen molar-refractivity contribution in [1.29, 1.82) is 0 Å². The second-order valence-corrected chi connectivity index (χ2v) is 10.6. The molecule has 1 fully saturated rings. The van der Waals surface area contributed by atoms with Gasteiger partial charge in [0.15, 0.2) is 0 Å². The highest BCUT2D eigenvalue weighted by Crippen LogP contribution is 2.35. The number of imidazole rings is 1. The van der Waals surface area contributed by atoms with Crippen molar-refractivity contribution in [2.45, 2.75) is 65.1 Å². The molecular weight excluding hydrogens is 480 g/mol. The van der Waals surface area contributed by atoms with Crippen LogP contribution < -0.4 is 11.1 Å². The van der Waals surface area contributed by atoms with Gasteiger partial charge in [-0.25, -0.2) is 9.78 Å². The maximum atomic E-state index is 13.3. The summed E-state index contributed by atoms with van der Waals surface area (Å²) in [5.41, 5.74) is 11.1. The third-order valence-corrected chi connectivity index (χ3v) is 7.60. The van der Waals surface area contributed by atoms with E-state index >= 15 is 0 Å². The number of aromatic amines is 1. The second-order valence-electron chi connectivity index (χ2n) is 10.6. The smallest absolute Gasteiger partial charge is 0.405 e. The Morgan fingerprint density at radius 3 is 2.63 bits per heavy atom. The molecule has 5 N–H and O–H groups in total. The van der Waals surface area contributed by atoms with Crippen molar-refractivity contribution < 1.29 is 14.7 Å². The molecule has 38 heavy (non-hydrogen) atoms. The fraction of sp³-hybridized carbons (Fsp3) is 0.414. The monoisotopic (exact) mass is 516 g/mol. The third-order valence-electron chi connectivity index (χ3n) is 7.60. The van der Waals surface area contributed by atoms with Gasteiger partial charge in [0.05, 0.1) is 23.4 Å². The van der Waals surface area contributed by atoms with Crippen LogP contribution in [0.3, 0.4) is 0 Å². The Bertz CT molecular complexity index is 1490. The number of nitrogens with zero attached hydrogens (tertiary/aromatic N) is 3. The molecule has 0 bridgehead atoms. The zero-order valence-corrected chi connectivity index (χ0v) is 22.2. The Balaban J connectivity index is 1.47. The minimum absolute atomic E-state index is 0.159. The molecule has 4 aromatic rings. The van der Waals surface area contributed by atoms with Gasteiger partial charge in [-0.2, -0.15) is 0 Å². The highest BCUT2D eigenvalue weighted by atomic mass is 16.4. The number of likely N-dealkylation sites (tertiary alicyclic amines) is 1. The van der Waals surface area contributed by atoms with Gasteiger partial charge >= 0.3 is 6.09 Å². The summed E-state index contributed by atoms with van der Waals surface area (Å²) in [7, 11) is 0. The molecule has 2 aromatic carbocycles. The first-order chi connectivity index (χ1) is 18.3. The van der Waals surface area contributed by atoms with E-state index in [1.807, 2.05) is 32.2 Å². The number of carboxylic acid groups (broad SMARTS) is 1. The van der Waals surface area contributed by atoms with Crippen molar-refractivity contribution in [1.82, 2.24) is 24.8 Å². The maximum absolute atomic E-state index is 13.3. The number of hydrogen-bond donors (Lipinski definition) is 4. The summed E-state index contributed by atoms with van der Waals surface area (Å²) in [6, 6.07) is 11.5. The number of carbonyl (C=O) groups is 2. The van der Waals surface area contributed by atoms with Gasteiger partial charge in [0.25, 0.3) is 0 Å². The van der Waals surface area contributed by atoms with Crippen LogP contribution in [0.1, 0.15) is 58.3 Å². The van der Waals surface area contributed by atoms with E-state index in [4.69, 9.17) is 5.73 Å². The van der Waals surface area contributed by atoms with Crippen LogP contribution in [0.25, 0.3) is 33.1 Å². The van der Waals surface area contributed by atoms with E-state index in [-0.39, 0.29) is 17.9 Å². The highest BCUT2D eigenvalue weighted by molar-refractivity contribution is 6.09. The summed E-state index contributed by atoms with van der Waals surface area (Å²) in [6.07, 6.45) is 4.43. The predicted octanol–water partition coefficient (Wildman–Crippen LogP) is 5.52. The topological polar surface area (TPSA) is 129 Å². The lowest BCUT2D eigenvalue weighted by molar-refractivity contribution is -0.135. The molecule has 5 rings (SSSR count). The number of aromatic nitrogens is 3. The molecule has 9 nitrogen and oxygen atoms in total. The van der Waals surface area contributed by atoms with Crippen LogP contribution in [-0.2, 0) is 11.3 Å². The number of amides is 2. The average molecular weight is 517 g/mol. The van der Waals surface area contributed by atoms with Crippen molar-refractivity contribution in [3.63, 3.8) is 0 Å². The normalized spacial score (nSPS) is 16.5. The Morgan fingerprint density at radius 1 is 1.18 bits per heavy atom. The van der Waals surface area contributed by atoms with Crippen LogP contribution in [0.4, 0.5) is 10.5 Å². The van der Waals surface area contributed by atoms with Crippen molar-refractivity contribution in [3.05, 3.63) is 48.4 Å². The molecule has 200 valence electrons. The van der Waals surface area contributed by atoms with Crippen LogP contribution in [0.15, 0.2) is 42.6 Å². The van der Waals surface area contributed by atoms with Crippen molar-refractivity contribution >= 4 is 39.5 Å². The number of anilines is 1. The van der Waals surface area contributed by atoms with Gasteiger partial charge in [-0.15, -0.1) is 0 Å². The summed E-state index contributed by atoms with van der Waals surface area (Å²) in [6.45, 7) is 7.38. The van der Waals surface area contributed by atoms with Gasteiger partial charge < -0.3 is 30.6 Å². The summed E-state index contributed by atoms with van der Waals surface area (Å²) >= 11 is 0. The molecule has 3 heterocycles. The van der Waals surface area contributed by atoms with Crippen molar-refractivity contribution in [2.75, 3.05) is 12.3 Å². The van der Waals surface area contributed by atoms with Gasteiger partial charge in [-0.3, -0.25) is 4.79 Å². The molecule has 0 radical (unpaired) electrons. The molecule has 0 aliphatic carbocycles. The number of aryl methyl sites for hydroxylation is 1. The van der Waals surface area contributed by atoms with E-state index < -0.39 is 12.1 Å². The molecule has 1 saturated heterocycles. The second kappa shape index (κ2) is 10.4. The number of H-pyrrole nitrogens is 1. The number of hydrogen-bond acceptors (Lipinski definition) is 4. The Hall–Kier alpha value is -4.01. The quantitative estimate of drug-likeness (QED) is 0.229. The predicted molar refractivity (Wildman–Crippen MR) is 150 cm³/mol. The number of benzene rings is 2. The molecule has 2 amide bonds. The number of carbonyl (C=O) groups excluding carboxylic acids is 1. The number of rotatable bonds is 8. The first-order valence-electron chi connectivity index (χ1n) is 13.4. The van der Waals surface area contributed by atoms with E-state index in [9.17, 15) is 14.7 Å². The molecule has 9 heteroatoms. The number of nitrogens with two attached hydrogens (primary N) is 1. The van der Waals surface area contributed by atoms with Gasteiger partial charge in [-0.1, -0.05) is 45.4 Å². The lowest BCUT2D eigenvalue weighted by Crippen LogP contribution is -2.50. The Morgan fingerprint density at radius 2 is 1.92 bits per heavy atom. The highest BCUT2D eigenvalue weighted by Gasteiger charge is 2.37. The molecule has 0 saturated carbocycles. The minimum atomic E-state index is -1.19. The zero-order valence-electron chi connectivity index (χ0n) is 22.2. The van der Waals surface area contributed by atoms with E-state index in [1.54, 1.807) is 4.90 Å². The zero-order chi connectivity index (χ0) is 27.0. The molecule has 1 aliphatic rings. The van der Waals surface area contributed by atoms with Gasteiger partial charge in [0.1, 0.15) is 11.9 Å². The average Bonchev–Trinajstić information content (AvgIpc) is 3.62. The molecule has 0 spiro atoms. The van der Waals surface area contributed by atoms with E-state index in [0.717, 1.165) is 66.0 Å². The SMILES string of the molecule is CCCCn1c2cc(N)ccc2c2ccc(-c3cnc([C@@H]4CCCN4C(=O)C(NC(=O)O)C(C)C)[nH]3)cc21. The van der Waals surface area contributed by atoms with Crippen LogP contribution >= 0.6 is 0 Å². The van der Waals surface area contributed by atoms with Gasteiger partial charge in [0.2, 0.25) is 5.91 Å². The first kappa shape index (κ1) is 25.6. The van der Waals surface area contributed by atoms with Crippen molar-refractivity contribution in [3.8, 4) is 11.3 Å². The lowest BCUT2D eigenvalue weighted by atomic mass is 10.0. The summed E-state index contributed by atoms with van der Waals surface area (Å²) < 4.78 is 2.35. The molecule has 1 aliphatic heterocycles. The van der Waals surface area contributed by atoms with Crippen LogP contribution in [0, 0.1) is 5.92 Å². The van der Waals surface area contributed by atoms with Crippen LogP contribution in [-0.4, -0.2) is 49.1 Å². The fourth-order valence-electron chi connectivity index (χ4n) is 5.63. The lowest BCUT2D eigenvalue weighted by Gasteiger charge is -2.29. The molecule has 2 aromatic heterocycles. The van der Waals surface area contributed by atoms with Crippen molar-refractivity contribution in [2.24, 2.45) is 5.92 Å². The Labute approximate surface area is 222 Å². The number of nitrogens with one attached hydrogen (secondary N) is 2. The summed E-state index contributed by atoms with van der Waals surface area (Å²) in [4.78, 5) is 34.5. The van der Waals surface area contributed by atoms with Crippen LogP contribution in [0.2, 0.25) is 0 Å². The molecule has 1 unspecified atom stereocenters. The molecule has 2 atom stereocenters. The molecular formula is C29H36N6O3. The Kier molecular flexibility index (Phi) is 7.01. The van der Waals surface area contributed by atoms with Crippen LogP contribution in [0.5, 0.6) is 0 Å². The fourth-order valence-corrected chi connectivity index (χ4v) is 5.63.